The minimum atomic E-state index is 0.721. The van der Waals surface area contributed by atoms with Crippen molar-refractivity contribution in [1.29, 1.82) is 0 Å². The van der Waals surface area contributed by atoms with Gasteiger partial charge < -0.3 is 4.74 Å². The van der Waals surface area contributed by atoms with Crippen molar-refractivity contribution in [3.8, 4) is 0 Å². The van der Waals surface area contributed by atoms with E-state index in [-0.39, 0.29) is 0 Å². The highest BCUT2D eigenvalue weighted by atomic mass is 16.5. The first-order valence-electron chi connectivity index (χ1n) is 4.51. The van der Waals surface area contributed by atoms with Gasteiger partial charge in [-0.05, 0) is 12.8 Å². The molecule has 0 spiro atoms. The molecule has 0 heterocycles. The zero-order valence-electron chi connectivity index (χ0n) is 8.02. The molecule has 1 nitrogen and oxygen atoms in total. The van der Waals surface area contributed by atoms with Crippen LogP contribution >= 0.6 is 0 Å². The molecule has 0 amide bonds. The molecule has 0 aliphatic carbocycles. The average Bonchev–Trinajstić information content (AvgIpc) is 1.87. The van der Waals surface area contributed by atoms with Crippen molar-refractivity contribution < 1.29 is 4.74 Å². The van der Waals surface area contributed by atoms with Crippen molar-refractivity contribution in [3.63, 3.8) is 0 Å². The average molecular weight is 156 g/mol. The Hall–Kier alpha value is -0.460. The summed E-state index contributed by atoms with van der Waals surface area (Å²) in [6.07, 6.45) is 3.54. The van der Waals surface area contributed by atoms with Crippen LogP contribution in [0, 0.1) is 5.92 Å². The molecule has 11 heavy (non-hydrogen) atoms. The molecule has 0 radical (unpaired) electrons. The van der Waals surface area contributed by atoms with Crippen LogP contribution in [0.5, 0.6) is 0 Å². The summed E-state index contributed by atoms with van der Waals surface area (Å²) in [5.41, 5.74) is 0. The van der Waals surface area contributed by atoms with Gasteiger partial charge in [-0.15, -0.1) is 0 Å². The lowest BCUT2D eigenvalue weighted by atomic mass is 10.0. The highest BCUT2D eigenvalue weighted by Crippen LogP contribution is 2.15. The third-order valence-corrected chi connectivity index (χ3v) is 1.71. The molecule has 0 aromatic carbocycles. The van der Waals surface area contributed by atoms with Gasteiger partial charge in [0.2, 0.25) is 0 Å². The van der Waals surface area contributed by atoms with Crippen LogP contribution in [0.1, 0.15) is 40.0 Å². The zero-order valence-corrected chi connectivity index (χ0v) is 8.02. The lowest BCUT2D eigenvalue weighted by molar-refractivity contribution is 0.208. The Labute approximate surface area is 70.4 Å². The molecule has 66 valence electrons. The second kappa shape index (κ2) is 6.26. The highest BCUT2D eigenvalue weighted by Gasteiger charge is 2.02. The van der Waals surface area contributed by atoms with Crippen LogP contribution in [0.15, 0.2) is 12.3 Å². The molecule has 0 rings (SSSR count). The molecule has 0 N–H and O–H groups in total. The molecule has 0 bridgehead atoms. The van der Waals surface area contributed by atoms with Crippen molar-refractivity contribution >= 4 is 0 Å². The van der Waals surface area contributed by atoms with Gasteiger partial charge in [0.25, 0.3) is 0 Å². The van der Waals surface area contributed by atoms with Crippen molar-refractivity contribution in [3.05, 3.63) is 12.3 Å². The molecular formula is C10H20O. The van der Waals surface area contributed by atoms with E-state index in [1.165, 1.54) is 12.8 Å². The van der Waals surface area contributed by atoms with Gasteiger partial charge in [0.1, 0.15) is 0 Å². The summed E-state index contributed by atoms with van der Waals surface area (Å²) in [6.45, 7) is 11.0. The molecule has 0 saturated heterocycles. The molecule has 0 unspecified atom stereocenters. The van der Waals surface area contributed by atoms with Crippen molar-refractivity contribution in [2.45, 2.75) is 40.0 Å². The lowest BCUT2D eigenvalue weighted by Crippen LogP contribution is -1.98. The van der Waals surface area contributed by atoms with Crippen molar-refractivity contribution in [2.24, 2.45) is 5.92 Å². The fourth-order valence-corrected chi connectivity index (χ4v) is 1.25. The van der Waals surface area contributed by atoms with E-state index in [4.69, 9.17) is 4.74 Å². The van der Waals surface area contributed by atoms with Crippen LogP contribution < -0.4 is 0 Å². The third kappa shape index (κ3) is 5.96. The minimum absolute atomic E-state index is 0.721. The van der Waals surface area contributed by atoms with Gasteiger partial charge in [0, 0.05) is 6.42 Å². The lowest BCUT2D eigenvalue weighted by Gasteiger charge is -2.11. The van der Waals surface area contributed by atoms with Crippen molar-refractivity contribution in [1.82, 2.24) is 0 Å². The monoisotopic (exact) mass is 156 g/mol. The second-order valence-corrected chi connectivity index (χ2v) is 3.07. The molecule has 0 aliphatic rings. The van der Waals surface area contributed by atoms with Gasteiger partial charge in [-0.1, -0.05) is 33.3 Å². The second-order valence-electron chi connectivity index (χ2n) is 3.07. The van der Waals surface area contributed by atoms with E-state index >= 15 is 0 Å². The molecule has 0 saturated carbocycles. The normalized spacial score (nSPS) is 12.6. The first-order valence-corrected chi connectivity index (χ1v) is 4.51. The predicted octanol–water partition coefficient (Wildman–Crippen LogP) is 3.36. The largest absolute Gasteiger partial charge is 0.499 e. The number of allylic oxidation sites excluding steroid dienone is 1. The number of hydrogen-bond acceptors (Lipinski definition) is 1. The first-order chi connectivity index (χ1) is 5.20. The van der Waals surface area contributed by atoms with E-state index < -0.39 is 0 Å². The van der Waals surface area contributed by atoms with E-state index in [1.807, 2.05) is 6.92 Å². The Kier molecular flexibility index (Phi) is 6.00. The van der Waals surface area contributed by atoms with Gasteiger partial charge in [0.05, 0.1) is 12.4 Å². The summed E-state index contributed by atoms with van der Waals surface area (Å²) in [6, 6.07) is 0. The number of hydrogen-bond donors (Lipinski definition) is 0. The number of rotatable bonds is 6. The summed E-state index contributed by atoms with van der Waals surface area (Å²) in [4.78, 5) is 0. The zero-order chi connectivity index (χ0) is 8.69. The Morgan fingerprint density at radius 2 is 2.09 bits per heavy atom. The van der Waals surface area contributed by atoms with E-state index in [9.17, 15) is 0 Å². The smallest absolute Gasteiger partial charge is 0.0890 e. The maximum absolute atomic E-state index is 5.26. The summed E-state index contributed by atoms with van der Waals surface area (Å²) in [7, 11) is 0. The van der Waals surface area contributed by atoms with Gasteiger partial charge in [0.15, 0.2) is 0 Å². The van der Waals surface area contributed by atoms with Gasteiger partial charge in [-0.25, -0.2) is 0 Å². The van der Waals surface area contributed by atoms with Crippen LogP contribution in [0.3, 0.4) is 0 Å². The molecule has 0 aromatic rings. The van der Waals surface area contributed by atoms with Crippen LogP contribution in [0.4, 0.5) is 0 Å². The number of ether oxygens (including phenoxy) is 1. The molecule has 1 atom stereocenters. The van der Waals surface area contributed by atoms with Gasteiger partial charge in [-0.3, -0.25) is 0 Å². The van der Waals surface area contributed by atoms with Crippen LogP contribution in [-0.2, 0) is 4.74 Å². The molecular weight excluding hydrogens is 136 g/mol. The van der Waals surface area contributed by atoms with Crippen LogP contribution in [0.2, 0.25) is 0 Å². The SMILES string of the molecule is C=C(C[C@H](C)CCC)OCC. The van der Waals surface area contributed by atoms with Crippen LogP contribution in [0.25, 0.3) is 0 Å². The third-order valence-electron chi connectivity index (χ3n) is 1.71. The van der Waals surface area contributed by atoms with E-state index in [2.05, 4.69) is 20.4 Å². The fourth-order valence-electron chi connectivity index (χ4n) is 1.25. The summed E-state index contributed by atoms with van der Waals surface area (Å²) in [5, 5.41) is 0. The Balaban J connectivity index is 3.40. The Bertz CT molecular complexity index is 107. The van der Waals surface area contributed by atoms with Crippen molar-refractivity contribution in [2.75, 3.05) is 6.61 Å². The predicted molar refractivity (Wildman–Crippen MR) is 49.5 cm³/mol. The summed E-state index contributed by atoms with van der Waals surface area (Å²) < 4.78 is 5.26. The molecule has 0 fully saturated rings. The van der Waals surface area contributed by atoms with E-state index in [1.54, 1.807) is 0 Å². The molecule has 0 aliphatic heterocycles. The van der Waals surface area contributed by atoms with E-state index in [0.29, 0.717) is 0 Å². The molecule has 0 aromatic heterocycles. The topological polar surface area (TPSA) is 9.23 Å². The van der Waals surface area contributed by atoms with Gasteiger partial charge in [-0.2, -0.15) is 0 Å². The highest BCUT2D eigenvalue weighted by molar-refractivity contribution is 4.83. The van der Waals surface area contributed by atoms with Gasteiger partial charge >= 0.3 is 0 Å². The van der Waals surface area contributed by atoms with E-state index in [0.717, 1.165) is 24.7 Å². The van der Waals surface area contributed by atoms with Crippen LogP contribution in [-0.4, -0.2) is 6.61 Å². The maximum Gasteiger partial charge on any atom is 0.0890 e. The maximum atomic E-state index is 5.26. The minimum Gasteiger partial charge on any atom is -0.499 e. The summed E-state index contributed by atoms with van der Waals surface area (Å²) in [5.74, 6) is 1.66. The quantitative estimate of drug-likeness (QED) is 0.536. The Morgan fingerprint density at radius 1 is 1.45 bits per heavy atom. The summed E-state index contributed by atoms with van der Waals surface area (Å²) >= 11 is 0. The fraction of sp³-hybridized carbons (Fsp3) is 0.800. The standard InChI is InChI=1S/C10H20O/c1-5-7-9(3)8-10(4)11-6-2/h9H,4-8H2,1-3H3/t9-/m1/s1. The Morgan fingerprint density at radius 3 is 2.55 bits per heavy atom. The first kappa shape index (κ1) is 10.5. The molecule has 1 heteroatoms.